The highest BCUT2D eigenvalue weighted by Crippen LogP contribution is 2.27. The summed E-state index contributed by atoms with van der Waals surface area (Å²) in [5.74, 6) is 0.0293. The largest absolute Gasteiger partial charge is 0.352 e. The van der Waals surface area contributed by atoms with E-state index in [4.69, 9.17) is 23.2 Å². The van der Waals surface area contributed by atoms with Gasteiger partial charge in [0.1, 0.15) is 0 Å². The summed E-state index contributed by atoms with van der Waals surface area (Å²) in [6.45, 7) is 5.73. The van der Waals surface area contributed by atoms with Gasteiger partial charge in [-0.3, -0.25) is 4.79 Å². The number of hydrogen-bond donors (Lipinski definition) is 2. The van der Waals surface area contributed by atoms with Crippen molar-refractivity contribution >= 4 is 41.5 Å². The topological polar surface area (TPSA) is 59.0 Å². The van der Waals surface area contributed by atoms with Crippen molar-refractivity contribution in [3.63, 3.8) is 0 Å². The van der Waals surface area contributed by atoms with E-state index in [1.807, 2.05) is 19.9 Å². The Morgan fingerprint density at radius 1 is 1.38 bits per heavy atom. The van der Waals surface area contributed by atoms with Crippen molar-refractivity contribution in [2.24, 2.45) is 0 Å². The van der Waals surface area contributed by atoms with Gasteiger partial charge in [-0.2, -0.15) is 5.10 Å². The monoisotopic (exact) mass is 416 g/mol. The van der Waals surface area contributed by atoms with Crippen LogP contribution < -0.4 is 10.6 Å². The molecule has 1 saturated heterocycles. The molecule has 1 atom stereocenters. The highest BCUT2D eigenvalue weighted by atomic mass is 35.5. The van der Waals surface area contributed by atoms with Crippen molar-refractivity contribution in [2.75, 3.05) is 13.1 Å². The first-order valence-electron chi connectivity index (χ1n) is 8.46. The van der Waals surface area contributed by atoms with Crippen LogP contribution in [0.15, 0.2) is 18.2 Å². The molecule has 0 aliphatic carbocycles. The van der Waals surface area contributed by atoms with E-state index < -0.39 is 0 Å². The molecule has 5 nitrogen and oxygen atoms in total. The molecule has 1 aromatic heterocycles. The number of nitrogens with zero attached hydrogens (tertiary/aromatic N) is 2. The Bertz CT molecular complexity index is 785. The third-order valence-electron chi connectivity index (χ3n) is 4.58. The van der Waals surface area contributed by atoms with Gasteiger partial charge in [0, 0.05) is 28.9 Å². The van der Waals surface area contributed by atoms with E-state index in [9.17, 15) is 4.79 Å². The lowest BCUT2D eigenvalue weighted by Gasteiger charge is -2.23. The third-order valence-corrected chi connectivity index (χ3v) is 5.12. The molecular formula is C18H23Cl3N4O. The van der Waals surface area contributed by atoms with Gasteiger partial charge in [-0.15, -0.1) is 12.4 Å². The molecule has 3 rings (SSSR count). The van der Waals surface area contributed by atoms with E-state index in [2.05, 4.69) is 15.7 Å². The van der Waals surface area contributed by atoms with E-state index in [0.717, 1.165) is 48.6 Å². The van der Waals surface area contributed by atoms with Gasteiger partial charge in [-0.25, -0.2) is 4.68 Å². The van der Waals surface area contributed by atoms with Crippen LogP contribution in [0.25, 0.3) is 5.69 Å². The number of piperidine rings is 1. The molecule has 2 heterocycles. The number of carbonyl (C=O) groups is 1. The molecule has 1 fully saturated rings. The average Bonchev–Trinajstić information content (AvgIpc) is 2.84. The van der Waals surface area contributed by atoms with Crippen LogP contribution in [0.1, 0.15) is 29.8 Å². The van der Waals surface area contributed by atoms with Crippen molar-refractivity contribution in [3.8, 4) is 5.69 Å². The number of aromatic nitrogens is 2. The SMILES string of the molecule is Cc1nn(-c2ccc(Cl)cc2Cl)c(C)c1CC(=O)NC1CCCNC1.Cl. The molecule has 26 heavy (non-hydrogen) atoms. The maximum atomic E-state index is 12.4. The van der Waals surface area contributed by atoms with Crippen molar-refractivity contribution in [3.05, 3.63) is 45.2 Å². The van der Waals surface area contributed by atoms with Crippen molar-refractivity contribution in [1.82, 2.24) is 20.4 Å². The fourth-order valence-electron chi connectivity index (χ4n) is 3.23. The van der Waals surface area contributed by atoms with E-state index in [1.165, 1.54) is 0 Å². The predicted octanol–water partition coefficient (Wildman–Crippen LogP) is 3.63. The van der Waals surface area contributed by atoms with Gasteiger partial charge >= 0.3 is 0 Å². The van der Waals surface area contributed by atoms with Crippen LogP contribution in [0.3, 0.4) is 0 Å². The smallest absolute Gasteiger partial charge is 0.224 e. The number of nitrogens with one attached hydrogen (secondary N) is 2. The van der Waals surface area contributed by atoms with E-state index >= 15 is 0 Å². The first-order valence-corrected chi connectivity index (χ1v) is 9.22. The molecule has 0 bridgehead atoms. The van der Waals surface area contributed by atoms with Crippen LogP contribution in [0.2, 0.25) is 10.0 Å². The molecule has 1 unspecified atom stereocenters. The minimum atomic E-state index is 0. The van der Waals surface area contributed by atoms with Gasteiger partial charge in [0.05, 0.1) is 22.8 Å². The summed E-state index contributed by atoms with van der Waals surface area (Å²) in [5.41, 5.74) is 3.45. The van der Waals surface area contributed by atoms with Gasteiger partial charge in [0.25, 0.3) is 0 Å². The van der Waals surface area contributed by atoms with Crippen LogP contribution in [0.4, 0.5) is 0 Å². The Labute approximate surface area is 169 Å². The zero-order valence-corrected chi connectivity index (χ0v) is 17.1. The Morgan fingerprint density at radius 3 is 2.81 bits per heavy atom. The van der Waals surface area contributed by atoms with Gasteiger partial charge in [-0.1, -0.05) is 23.2 Å². The second kappa shape index (κ2) is 9.09. The molecule has 1 aromatic carbocycles. The first-order chi connectivity index (χ1) is 12.0. The summed E-state index contributed by atoms with van der Waals surface area (Å²) >= 11 is 12.3. The van der Waals surface area contributed by atoms with Gasteiger partial charge in [0.2, 0.25) is 5.91 Å². The molecule has 2 aromatic rings. The molecule has 8 heteroatoms. The number of hydrogen-bond acceptors (Lipinski definition) is 3. The van der Waals surface area contributed by atoms with E-state index in [1.54, 1.807) is 16.8 Å². The zero-order valence-electron chi connectivity index (χ0n) is 14.8. The Hall–Kier alpha value is -1.27. The van der Waals surface area contributed by atoms with Gasteiger partial charge in [-0.05, 0) is 51.4 Å². The van der Waals surface area contributed by atoms with Crippen molar-refractivity contribution in [2.45, 2.75) is 39.2 Å². The van der Waals surface area contributed by atoms with Crippen LogP contribution in [-0.2, 0) is 11.2 Å². The molecule has 1 amide bonds. The fourth-order valence-corrected chi connectivity index (χ4v) is 3.72. The minimum Gasteiger partial charge on any atom is -0.352 e. The minimum absolute atomic E-state index is 0. The highest BCUT2D eigenvalue weighted by Gasteiger charge is 2.20. The van der Waals surface area contributed by atoms with E-state index in [0.29, 0.717) is 16.5 Å². The van der Waals surface area contributed by atoms with Crippen LogP contribution >= 0.6 is 35.6 Å². The Morgan fingerprint density at radius 2 is 2.15 bits per heavy atom. The summed E-state index contributed by atoms with van der Waals surface area (Å²) in [5, 5.41) is 12.1. The third kappa shape index (κ3) is 4.71. The lowest BCUT2D eigenvalue weighted by Crippen LogP contribution is -2.46. The number of carbonyl (C=O) groups excluding carboxylic acids is 1. The second-order valence-corrected chi connectivity index (χ2v) is 7.29. The molecule has 0 saturated carbocycles. The maximum absolute atomic E-state index is 12.4. The first kappa shape index (κ1) is 21.0. The second-order valence-electron chi connectivity index (χ2n) is 6.44. The number of halogens is 3. The van der Waals surface area contributed by atoms with Gasteiger partial charge in [0.15, 0.2) is 0 Å². The lowest BCUT2D eigenvalue weighted by atomic mass is 10.1. The van der Waals surface area contributed by atoms with Crippen LogP contribution in [0.5, 0.6) is 0 Å². The normalized spacial score (nSPS) is 16.8. The highest BCUT2D eigenvalue weighted by molar-refractivity contribution is 6.35. The Kier molecular flexibility index (Phi) is 7.35. The zero-order chi connectivity index (χ0) is 18.0. The van der Waals surface area contributed by atoms with Crippen molar-refractivity contribution in [1.29, 1.82) is 0 Å². The Balaban J connectivity index is 0.00000243. The molecule has 1 aliphatic heterocycles. The van der Waals surface area contributed by atoms with E-state index in [-0.39, 0.29) is 24.4 Å². The lowest BCUT2D eigenvalue weighted by molar-refractivity contribution is -0.121. The molecule has 142 valence electrons. The number of rotatable bonds is 4. The molecular weight excluding hydrogens is 395 g/mol. The molecule has 2 N–H and O–H groups in total. The summed E-state index contributed by atoms with van der Waals surface area (Å²) < 4.78 is 1.78. The maximum Gasteiger partial charge on any atom is 0.224 e. The quantitative estimate of drug-likeness (QED) is 0.798. The average molecular weight is 418 g/mol. The van der Waals surface area contributed by atoms with Crippen LogP contribution in [0, 0.1) is 13.8 Å². The number of benzene rings is 1. The number of aryl methyl sites for hydroxylation is 1. The summed E-state index contributed by atoms with van der Waals surface area (Å²) in [6, 6.07) is 5.52. The summed E-state index contributed by atoms with van der Waals surface area (Å²) in [6.07, 6.45) is 2.44. The molecule has 0 radical (unpaired) electrons. The molecule has 0 spiro atoms. The van der Waals surface area contributed by atoms with Crippen LogP contribution in [-0.4, -0.2) is 34.8 Å². The van der Waals surface area contributed by atoms with Gasteiger partial charge < -0.3 is 10.6 Å². The fraction of sp³-hybridized carbons (Fsp3) is 0.444. The standard InChI is InChI=1S/C18H22Cl2N4O.ClH/c1-11-15(9-18(25)22-14-4-3-7-21-10-14)12(2)24(23-11)17-6-5-13(19)8-16(17)20;/h5-6,8,14,21H,3-4,7,9-10H2,1-2H3,(H,22,25);1H. The number of amides is 1. The summed E-state index contributed by atoms with van der Waals surface area (Å²) in [7, 11) is 0. The van der Waals surface area contributed by atoms with Crippen molar-refractivity contribution < 1.29 is 4.79 Å². The predicted molar refractivity (Wildman–Crippen MR) is 108 cm³/mol. The molecule has 1 aliphatic rings. The summed E-state index contributed by atoms with van der Waals surface area (Å²) in [4.78, 5) is 12.4.